The second-order valence-corrected chi connectivity index (χ2v) is 4.04. The molecule has 0 saturated heterocycles. The number of aromatic nitrogens is 2. The fourth-order valence-corrected chi connectivity index (χ4v) is 1.49. The number of hydrogen-bond donors (Lipinski definition) is 4. The van der Waals surface area contributed by atoms with E-state index in [2.05, 4.69) is 20.8 Å². The molecule has 0 atom stereocenters. The van der Waals surface area contributed by atoms with Crippen molar-refractivity contribution in [2.24, 2.45) is 0 Å². The number of aromatic amines is 2. The second-order valence-electron chi connectivity index (χ2n) is 4.04. The van der Waals surface area contributed by atoms with E-state index in [0.29, 0.717) is 11.4 Å². The summed E-state index contributed by atoms with van der Waals surface area (Å²) in [5, 5.41) is 0. The van der Waals surface area contributed by atoms with Gasteiger partial charge in [-0.15, -0.1) is 0 Å². The van der Waals surface area contributed by atoms with Crippen LogP contribution in [0.15, 0.2) is 34.1 Å². The molecule has 94 valence electrons. The van der Waals surface area contributed by atoms with Crippen LogP contribution < -0.4 is 22.0 Å². The maximum atomic E-state index is 11.2. The van der Waals surface area contributed by atoms with E-state index in [4.69, 9.17) is 0 Å². The third-order valence-corrected chi connectivity index (χ3v) is 2.59. The summed E-state index contributed by atoms with van der Waals surface area (Å²) in [4.78, 5) is 27.6. The molecule has 2 heterocycles. The van der Waals surface area contributed by atoms with Crippen LogP contribution in [0.2, 0.25) is 0 Å². The van der Waals surface area contributed by atoms with Crippen molar-refractivity contribution < 1.29 is 0 Å². The van der Waals surface area contributed by atoms with Gasteiger partial charge in [0.25, 0.3) is 0 Å². The summed E-state index contributed by atoms with van der Waals surface area (Å²) in [7, 11) is 0. The molecule has 0 aliphatic carbocycles. The minimum absolute atomic E-state index is 0.187. The van der Waals surface area contributed by atoms with Gasteiger partial charge in [-0.05, 0) is 25.0 Å². The van der Waals surface area contributed by atoms with Gasteiger partial charge in [-0.1, -0.05) is 0 Å². The normalized spacial score (nSPS) is 10.1. The van der Waals surface area contributed by atoms with E-state index in [-0.39, 0.29) is 11.1 Å². The first-order chi connectivity index (χ1) is 8.56. The lowest BCUT2D eigenvalue weighted by atomic mass is 10.2. The molecule has 6 nitrogen and oxygen atoms in total. The molecule has 0 spiro atoms. The van der Waals surface area contributed by atoms with E-state index >= 15 is 0 Å². The highest BCUT2D eigenvalue weighted by atomic mass is 16.1. The number of nitrogens with one attached hydrogen (secondary N) is 4. The summed E-state index contributed by atoms with van der Waals surface area (Å²) in [6, 6.07) is 2.90. The maximum absolute atomic E-state index is 11.2. The maximum Gasteiger partial charge on any atom is 0.250 e. The summed E-state index contributed by atoms with van der Waals surface area (Å²) >= 11 is 0. The summed E-state index contributed by atoms with van der Waals surface area (Å²) < 4.78 is 0. The first-order valence-corrected chi connectivity index (χ1v) is 5.47. The molecular formula is C12H14N4O2. The molecule has 4 N–H and O–H groups in total. The van der Waals surface area contributed by atoms with Crippen molar-refractivity contribution in [3.8, 4) is 0 Å². The minimum Gasteiger partial charge on any atom is -0.329 e. The second kappa shape index (κ2) is 4.79. The Morgan fingerprint density at radius 3 is 1.61 bits per heavy atom. The van der Waals surface area contributed by atoms with Crippen LogP contribution in [0.25, 0.3) is 0 Å². The van der Waals surface area contributed by atoms with E-state index in [9.17, 15) is 9.59 Å². The topological polar surface area (TPSA) is 89.8 Å². The molecule has 2 rings (SSSR count). The van der Waals surface area contributed by atoms with Crippen LogP contribution in [0.1, 0.15) is 11.1 Å². The predicted molar refractivity (Wildman–Crippen MR) is 70.8 cm³/mol. The van der Waals surface area contributed by atoms with Crippen molar-refractivity contribution in [3.63, 3.8) is 0 Å². The van der Waals surface area contributed by atoms with Crippen molar-refractivity contribution in [1.29, 1.82) is 0 Å². The van der Waals surface area contributed by atoms with Crippen LogP contribution in [-0.4, -0.2) is 9.97 Å². The van der Waals surface area contributed by atoms with Gasteiger partial charge in [0.15, 0.2) is 0 Å². The molecule has 0 aliphatic rings. The van der Waals surface area contributed by atoms with Crippen molar-refractivity contribution in [3.05, 3.63) is 56.4 Å². The summed E-state index contributed by atoms with van der Waals surface area (Å²) in [6.45, 7) is 3.73. The first-order valence-electron chi connectivity index (χ1n) is 5.47. The highest BCUT2D eigenvalue weighted by Crippen LogP contribution is 2.13. The molecule has 0 unspecified atom stereocenters. The van der Waals surface area contributed by atoms with Gasteiger partial charge in [0.05, 0.1) is 11.4 Å². The van der Waals surface area contributed by atoms with Gasteiger partial charge >= 0.3 is 0 Å². The van der Waals surface area contributed by atoms with E-state index in [1.165, 1.54) is 12.1 Å². The molecule has 18 heavy (non-hydrogen) atoms. The fraction of sp³-hybridized carbons (Fsp3) is 0.167. The minimum atomic E-state index is -0.187. The fourth-order valence-electron chi connectivity index (χ4n) is 1.49. The average molecular weight is 246 g/mol. The van der Waals surface area contributed by atoms with Crippen LogP contribution in [0.3, 0.4) is 0 Å². The van der Waals surface area contributed by atoms with Crippen LogP contribution in [0.5, 0.6) is 0 Å². The van der Waals surface area contributed by atoms with Crippen LogP contribution in [-0.2, 0) is 0 Å². The van der Waals surface area contributed by atoms with Crippen molar-refractivity contribution in [2.75, 3.05) is 10.9 Å². The molecule has 2 aromatic rings. The summed E-state index contributed by atoms with van der Waals surface area (Å²) in [5.74, 6) is 0. The number of rotatable bonds is 3. The Morgan fingerprint density at radius 2 is 1.22 bits per heavy atom. The Morgan fingerprint density at radius 1 is 0.833 bits per heavy atom. The lowest BCUT2D eigenvalue weighted by Gasteiger charge is -2.12. The molecule has 6 heteroatoms. The zero-order valence-corrected chi connectivity index (χ0v) is 10.1. The van der Waals surface area contributed by atoms with Crippen molar-refractivity contribution in [1.82, 2.24) is 9.97 Å². The lowest BCUT2D eigenvalue weighted by molar-refractivity contribution is 1.17. The average Bonchev–Trinajstić information content (AvgIpc) is 2.34. The SMILES string of the molecule is Cc1c[nH]c(=O)cc1NNc1cc(=O)[nH]cc1C. The van der Waals surface area contributed by atoms with Gasteiger partial charge in [-0.25, -0.2) is 0 Å². The van der Waals surface area contributed by atoms with Gasteiger partial charge in [0, 0.05) is 24.5 Å². The van der Waals surface area contributed by atoms with E-state index in [0.717, 1.165) is 11.1 Å². The first kappa shape index (κ1) is 12.0. The Balaban J connectivity index is 2.21. The number of hydrogen-bond acceptors (Lipinski definition) is 4. The molecule has 0 fully saturated rings. The van der Waals surface area contributed by atoms with E-state index in [1.807, 2.05) is 13.8 Å². The number of aryl methyl sites for hydroxylation is 2. The Bertz CT molecular complexity index is 613. The highest BCUT2D eigenvalue weighted by Gasteiger charge is 2.01. The molecule has 0 aromatic carbocycles. The Kier molecular flexibility index (Phi) is 3.18. The van der Waals surface area contributed by atoms with Gasteiger partial charge in [0.1, 0.15) is 0 Å². The summed E-state index contributed by atoms with van der Waals surface area (Å²) in [6.07, 6.45) is 3.24. The van der Waals surface area contributed by atoms with E-state index < -0.39 is 0 Å². The zero-order chi connectivity index (χ0) is 13.1. The smallest absolute Gasteiger partial charge is 0.250 e. The number of hydrazine groups is 1. The van der Waals surface area contributed by atoms with Crippen LogP contribution >= 0.6 is 0 Å². The standard InChI is InChI=1S/C12H14N4O2/c1-7-5-13-11(17)3-9(7)15-16-10-4-12(18)14-6-8(10)2/h3-6H,1-2H3,(H2,13,15,17)(H2,14,16,18). The molecule has 0 radical (unpaired) electrons. The third kappa shape index (κ3) is 2.60. The Hall–Kier alpha value is -2.50. The molecule has 0 bridgehead atoms. The quantitative estimate of drug-likeness (QED) is 0.611. The van der Waals surface area contributed by atoms with Crippen LogP contribution in [0.4, 0.5) is 11.4 Å². The molecule has 0 saturated carbocycles. The largest absolute Gasteiger partial charge is 0.329 e. The third-order valence-electron chi connectivity index (χ3n) is 2.59. The number of pyridine rings is 2. The lowest BCUT2D eigenvalue weighted by Crippen LogP contribution is -2.16. The van der Waals surface area contributed by atoms with Crippen molar-refractivity contribution in [2.45, 2.75) is 13.8 Å². The Labute approximate surface area is 103 Å². The number of H-pyrrole nitrogens is 2. The van der Waals surface area contributed by atoms with Crippen LogP contribution in [0, 0.1) is 13.8 Å². The number of anilines is 2. The molecule has 0 aliphatic heterocycles. The van der Waals surface area contributed by atoms with Gasteiger partial charge in [-0.3, -0.25) is 9.59 Å². The van der Waals surface area contributed by atoms with E-state index in [1.54, 1.807) is 12.4 Å². The zero-order valence-electron chi connectivity index (χ0n) is 10.1. The highest BCUT2D eigenvalue weighted by molar-refractivity contribution is 5.57. The van der Waals surface area contributed by atoms with Gasteiger partial charge in [-0.2, -0.15) is 0 Å². The summed E-state index contributed by atoms with van der Waals surface area (Å²) in [5.41, 5.74) is 8.57. The van der Waals surface area contributed by atoms with Crippen molar-refractivity contribution >= 4 is 11.4 Å². The molecule has 0 amide bonds. The molecule has 2 aromatic heterocycles. The predicted octanol–water partition coefficient (Wildman–Crippen LogP) is 1.12. The van der Waals surface area contributed by atoms with Gasteiger partial charge in [0.2, 0.25) is 11.1 Å². The van der Waals surface area contributed by atoms with Gasteiger partial charge < -0.3 is 20.8 Å². The monoisotopic (exact) mass is 246 g/mol. The molecular weight excluding hydrogens is 232 g/mol.